The molecule has 0 fully saturated rings. The maximum Gasteiger partial charge on any atom is 0.180 e. The maximum absolute atomic E-state index is 5.75. The molecule has 0 bridgehead atoms. The fourth-order valence-corrected chi connectivity index (χ4v) is 1.84. The molecule has 0 aliphatic heterocycles. The van der Waals surface area contributed by atoms with Crippen LogP contribution in [0.1, 0.15) is 37.7 Å². The third kappa shape index (κ3) is 4.98. The summed E-state index contributed by atoms with van der Waals surface area (Å²) in [6, 6.07) is 3.71. The standard InChI is InChI=1S/C15H21N5O/c1-3-4-5-8-16-15-14(10-17-12(2)19-15)21-11-13-7-6-9-18-20-13/h6-7,9-10H,3-5,8,11H2,1-2H3,(H,16,17,19). The van der Waals surface area contributed by atoms with Crippen molar-refractivity contribution in [3.63, 3.8) is 0 Å². The van der Waals surface area contributed by atoms with Crippen LogP contribution in [0.5, 0.6) is 5.75 Å². The highest BCUT2D eigenvalue weighted by Gasteiger charge is 2.07. The monoisotopic (exact) mass is 287 g/mol. The molecule has 0 aliphatic rings. The molecule has 2 rings (SSSR count). The van der Waals surface area contributed by atoms with Crippen molar-refractivity contribution in [3.8, 4) is 5.75 Å². The quantitative estimate of drug-likeness (QED) is 0.753. The second-order valence-corrected chi connectivity index (χ2v) is 4.77. The maximum atomic E-state index is 5.75. The number of hydrogen-bond acceptors (Lipinski definition) is 6. The minimum Gasteiger partial charge on any atom is -0.482 e. The van der Waals surface area contributed by atoms with Gasteiger partial charge in [0, 0.05) is 12.7 Å². The van der Waals surface area contributed by atoms with E-state index in [1.54, 1.807) is 12.4 Å². The average molecular weight is 287 g/mol. The van der Waals surface area contributed by atoms with Gasteiger partial charge in [-0.25, -0.2) is 9.97 Å². The van der Waals surface area contributed by atoms with Crippen LogP contribution in [0.25, 0.3) is 0 Å². The van der Waals surface area contributed by atoms with E-state index in [0.717, 1.165) is 30.3 Å². The zero-order chi connectivity index (χ0) is 14.9. The molecule has 6 nitrogen and oxygen atoms in total. The van der Waals surface area contributed by atoms with E-state index in [-0.39, 0.29) is 0 Å². The van der Waals surface area contributed by atoms with Crippen LogP contribution in [0, 0.1) is 6.92 Å². The van der Waals surface area contributed by atoms with Crippen molar-refractivity contribution in [2.75, 3.05) is 11.9 Å². The Kier molecular flexibility index (Phi) is 5.87. The first kappa shape index (κ1) is 15.2. The van der Waals surface area contributed by atoms with E-state index in [4.69, 9.17) is 4.74 Å². The summed E-state index contributed by atoms with van der Waals surface area (Å²) in [4.78, 5) is 8.58. The van der Waals surface area contributed by atoms with Crippen molar-refractivity contribution in [2.24, 2.45) is 0 Å². The largest absolute Gasteiger partial charge is 0.482 e. The lowest BCUT2D eigenvalue weighted by Crippen LogP contribution is -2.08. The van der Waals surface area contributed by atoms with E-state index in [0.29, 0.717) is 12.4 Å². The Bertz CT molecular complexity index is 547. The van der Waals surface area contributed by atoms with Gasteiger partial charge in [-0.2, -0.15) is 10.2 Å². The van der Waals surface area contributed by atoms with E-state index in [1.165, 1.54) is 12.8 Å². The molecule has 21 heavy (non-hydrogen) atoms. The first-order chi connectivity index (χ1) is 10.3. The molecule has 6 heteroatoms. The van der Waals surface area contributed by atoms with Crippen molar-refractivity contribution in [1.82, 2.24) is 20.2 Å². The molecule has 0 saturated carbocycles. The summed E-state index contributed by atoms with van der Waals surface area (Å²) in [7, 11) is 0. The van der Waals surface area contributed by atoms with Crippen LogP contribution in [0.15, 0.2) is 24.5 Å². The number of unbranched alkanes of at least 4 members (excludes halogenated alkanes) is 2. The molecular formula is C15H21N5O. The molecule has 0 saturated heterocycles. The number of hydrogen-bond donors (Lipinski definition) is 1. The molecule has 1 N–H and O–H groups in total. The molecule has 0 amide bonds. The number of nitrogens with one attached hydrogen (secondary N) is 1. The zero-order valence-corrected chi connectivity index (χ0v) is 12.5. The molecule has 0 spiro atoms. The molecule has 0 aliphatic carbocycles. The predicted octanol–water partition coefficient (Wildman–Crippen LogP) is 2.76. The van der Waals surface area contributed by atoms with Crippen molar-refractivity contribution >= 4 is 5.82 Å². The molecular weight excluding hydrogens is 266 g/mol. The highest BCUT2D eigenvalue weighted by molar-refractivity contribution is 5.48. The highest BCUT2D eigenvalue weighted by Crippen LogP contribution is 2.21. The lowest BCUT2D eigenvalue weighted by atomic mass is 10.2. The topological polar surface area (TPSA) is 72.8 Å². The zero-order valence-electron chi connectivity index (χ0n) is 12.5. The van der Waals surface area contributed by atoms with Gasteiger partial charge in [-0.3, -0.25) is 0 Å². The summed E-state index contributed by atoms with van der Waals surface area (Å²) in [5, 5.41) is 11.1. The molecule has 0 radical (unpaired) electrons. The van der Waals surface area contributed by atoms with Gasteiger partial charge in [0.25, 0.3) is 0 Å². The molecule has 2 aromatic rings. The smallest absolute Gasteiger partial charge is 0.180 e. The lowest BCUT2D eigenvalue weighted by Gasteiger charge is -2.12. The van der Waals surface area contributed by atoms with Crippen LogP contribution in [0.2, 0.25) is 0 Å². The Balaban J connectivity index is 1.97. The number of aryl methyl sites for hydroxylation is 1. The lowest BCUT2D eigenvalue weighted by molar-refractivity contribution is 0.298. The van der Waals surface area contributed by atoms with Crippen LogP contribution >= 0.6 is 0 Å². The predicted molar refractivity (Wildman–Crippen MR) is 81.1 cm³/mol. The number of rotatable bonds is 8. The van der Waals surface area contributed by atoms with Crippen molar-refractivity contribution in [1.29, 1.82) is 0 Å². The summed E-state index contributed by atoms with van der Waals surface area (Å²) < 4.78 is 5.75. The highest BCUT2D eigenvalue weighted by atomic mass is 16.5. The first-order valence-corrected chi connectivity index (χ1v) is 7.26. The minimum absolute atomic E-state index is 0.351. The van der Waals surface area contributed by atoms with E-state index >= 15 is 0 Å². The van der Waals surface area contributed by atoms with E-state index in [1.807, 2.05) is 19.1 Å². The van der Waals surface area contributed by atoms with Crippen LogP contribution in [-0.2, 0) is 6.61 Å². The number of anilines is 1. The molecule has 2 heterocycles. The van der Waals surface area contributed by atoms with Crippen molar-refractivity contribution in [3.05, 3.63) is 36.0 Å². The van der Waals surface area contributed by atoms with Crippen LogP contribution in [-0.4, -0.2) is 26.7 Å². The normalized spacial score (nSPS) is 10.4. The minimum atomic E-state index is 0.351. The van der Waals surface area contributed by atoms with E-state index < -0.39 is 0 Å². The third-order valence-electron chi connectivity index (χ3n) is 2.95. The van der Waals surface area contributed by atoms with Gasteiger partial charge in [0.05, 0.1) is 6.20 Å². The van der Waals surface area contributed by atoms with Crippen molar-refractivity contribution in [2.45, 2.75) is 39.7 Å². The Morgan fingerprint density at radius 1 is 1.29 bits per heavy atom. The van der Waals surface area contributed by atoms with Gasteiger partial charge >= 0.3 is 0 Å². The van der Waals surface area contributed by atoms with Gasteiger partial charge in [-0.1, -0.05) is 19.8 Å². The van der Waals surface area contributed by atoms with Crippen LogP contribution in [0.3, 0.4) is 0 Å². The van der Waals surface area contributed by atoms with Gasteiger partial charge in [-0.15, -0.1) is 0 Å². The molecule has 2 aromatic heterocycles. The Labute approximate surface area is 125 Å². The summed E-state index contributed by atoms with van der Waals surface area (Å²) in [6.45, 7) is 5.28. The van der Waals surface area contributed by atoms with E-state index in [2.05, 4.69) is 32.4 Å². The van der Waals surface area contributed by atoms with Gasteiger partial charge in [-0.05, 0) is 25.5 Å². The van der Waals surface area contributed by atoms with E-state index in [9.17, 15) is 0 Å². The summed E-state index contributed by atoms with van der Waals surface area (Å²) in [5.41, 5.74) is 0.773. The van der Waals surface area contributed by atoms with Crippen LogP contribution < -0.4 is 10.1 Å². The SMILES string of the molecule is CCCCCNc1nc(C)ncc1OCc1cccnn1. The fourth-order valence-electron chi connectivity index (χ4n) is 1.84. The van der Waals surface area contributed by atoms with Gasteiger partial charge in [0.15, 0.2) is 11.6 Å². The molecule has 0 aromatic carbocycles. The first-order valence-electron chi connectivity index (χ1n) is 7.26. The molecule has 0 atom stereocenters. The van der Waals surface area contributed by atoms with Crippen LogP contribution in [0.4, 0.5) is 5.82 Å². The van der Waals surface area contributed by atoms with Gasteiger partial charge in [0.2, 0.25) is 0 Å². The summed E-state index contributed by atoms with van der Waals surface area (Å²) in [5.74, 6) is 2.10. The number of aromatic nitrogens is 4. The van der Waals surface area contributed by atoms with Gasteiger partial charge < -0.3 is 10.1 Å². The summed E-state index contributed by atoms with van der Waals surface area (Å²) >= 11 is 0. The Hall–Kier alpha value is -2.24. The fraction of sp³-hybridized carbons (Fsp3) is 0.467. The molecule has 0 unspecified atom stereocenters. The number of ether oxygens (including phenoxy) is 1. The van der Waals surface area contributed by atoms with Crippen molar-refractivity contribution < 1.29 is 4.74 Å². The average Bonchev–Trinajstić information content (AvgIpc) is 2.52. The Morgan fingerprint density at radius 3 is 2.95 bits per heavy atom. The second kappa shape index (κ2) is 8.14. The second-order valence-electron chi connectivity index (χ2n) is 4.77. The molecule has 112 valence electrons. The summed E-state index contributed by atoms with van der Waals surface area (Å²) in [6.07, 6.45) is 6.84. The number of nitrogens with zero attached hydrogens (tertiary/aromatic N) is 4. The third-order valence-corrected chi connectivity index (χ3v) is 2.95. The van der Waals surface area contributed by atoms with Gasteiger partial charge in [0.1, 0.15) is 18.1 Å². The Morgan fingerprint density at radius 2 is 2.19 bits per heavy atom.